The molecule has 2 heterocycles. The topological polar surface area (TPSA) is 28.2 Å². The smallest absolute Gasteiger partial charge is 0.0761 e. The van der Waals surface area contributed by atoms with E-state index in [0.29, 0.717) is 6.04 Å². The van der Waals surface area contributed by atoms with E-state index >= 15 is 0 Å². The van der Waals surface area contributed by atoms with Crippen molar-refractivity contribution in [2.75, 3.05) is 19.6 Å². The van der Waals surface area contributed by atoms with Gasteiger partial charge in [0.2, 0.25) is 0 Å². The van der Waals surface area contributed by atoms with Crippen LogP contribution in [0, 0.1) is 0 Å². The van der Waals surface area contributed by atoms with Crippen LogP contribution >= 0.6 is 11.6 Å². The number of fused-ring (bicyclic) bond motifs is 1. The van der Waals surface area contributed by atoms with Gasteiger partial charge >= 0.3 is 0 Å². The van der Waals surface area contributed by atoms with Gasteiger partial charge in [-0.05, 0) is 19.1 Å². The Balaban J connectivity index is 1.97. The third kappa shape index (κ3) is 2.59. The highest BCUT2D eigenvalue weighted by Gasteiger charge is 2.20. The maximum Gasteiger partial charge on any atom is 0.0761 e. The molecule has 0 aliphatic carbocycles. The van der Waals surface area contributed by atoms with E-state index in [-0.39, 0.29) is 0 Å². The van der Waals surface area contributed by atoms with Gasteiger partial charge in [0.05, 0.1) is 5.52 Å². The van der Waals surface area contributed by atoms with Crippen LogP contribution in [0.3, 0.4) is 0 Å². The Bertz CT molecular complexity index is 585. The van der Waals surface area contributed by atoms with E-state index in [2.05, 4.69) is 28.2 Å². The van der Waals surface area contributed by atoms with Gasteiger partial charge in [0, 0.05) is 54.4 Å². The fourth-order valence-corrected chi connectivity index (χ4v) is 2.86. The molecule has 3 nitrogen and oxygen atoms in total. The second-order valence-electron chi connectivity index (χ2n) is 5.12. The molecule has 1 atom stereocenters. The van der Waals surface area contributed by atoms with Crippen LogP contribution in [0.2, 0.25) is 5.02 Å². The summed E-state index contributed by atoms with van der Waals surface area (Å²) in [5.74, 6) is 0. The van der Waals surface area contributed by atoms with Crippen LogP contribution in [0.4, 0.5) is 0 Å². The standard InChI is InChI=1S/C15H18ClN3/c1-11-9-17-7-8-19(11)10-13-14(16)5-4-12-3-2-6-18-15(12)13/h2-6,11,17H,7-10H2,1H3. The molecule has 1 saturated heterocycles. The summed E-state index contributed by atoms with van der Waals surface area (Å²) in [6.07, 6.45) is 1.84. The summed E-state index contributed by atoms with van der Waals surface area (Å²) in [4.78, 5) is 6.97. The van der Waals surface area contributed by atoms with Crippen LogP contribution in [0.5, 0.6) is 0 Å². The summed E-state index contributed by atoms with van der Waals surface area (Å²) in [5, 5.41) is 5.39. The third-order valence-corrected chi connectivity index (χ3v) is 4.18. The van der Waals surface area contributed by atoms with Crippen LogP contribution in [-0.4, -0.2) is 35.6 Å². The quantitative estimate of drug-likeness (QED) is 0.913. The van der Waals surface area contributed by atoms with E-state index in [0.717, 1.165) is 47.7 Å². The number of nitrogens with one attached hydrogen (secondary N) is 1. The molecule has 0 radical (unpaired) electrons. The van der Waals surface area contributed by atoms with Crippen molar-refractivity contribution in [2.45, 2.75) is 19.5 Å². The van der Waals surface area contributed by atoms with Gasteiger partial charge < -0.3 is 5.32 Å². The number of piperazine rings is 1. The van der Waals surface area contributed by atoms with Crippen molar-refractivity contribution in [3.63, 3.8) is 0 Å². The number of halogens is 1. The molecule has 2 aromatic rings. The lowest BCUT2D eigenvalue weighted by atomic mass is 10.1. The number of benzene rings is 1. The fourth-order valence-electron chi connectivity index (χ4n) is 2.65. The van der Waals surface area contributed by atoms with Crippen molar-refractivity contribution in [1.82, 2.24) is 15.2 Å². The molecular weight excluding hydrogens is 258 g/mol. The summed E-state index contributed by atoms with van der Waals surface area (Å²) in [7, 11) is 0. The van der Waals surface area contributed by atoms with Crippen LogP contribution < -0.4 is 5.32 Å². The molecule has 100 valence electrons. The van der Waals surface area contributed by atoms with Gasteiger partial charge in [-0.1, -0.05) is 23.7 Å². The zero-order valence-electron chi connectivity index (χ0n) is 11.1. The first kappa shape index (κ1) is 12.9. The molecule has 4 heteroatoms. The number of pyridine rings is 1. The van der Waals surface area contributed by atoms with Gasteiger partial charge in [0.25, 0.3) is 0 Å². The van der Waals surface area contributed by atoms with Gasteiger partial charge in [0.1, 0.15) is 0 Å². The minimum Gasteiger partial charge on any atom is -0.314 e. The molecule has 0 bridgehead atoms. The summed E-state index contributed by atoms with van der Waals surface area (Å²) < 4.78 is 0. The van der Waals surface area contributed by atoms with Crippen LogP contribution in [0.15, 0.2) is 30.5 Å². The lowest BCUT2D eigenvalue weighted by molar-refractivity contribution is 0.166. The first-order valence-corrected chi connectivity index (χ1v) is 7.10. The summed E-state index contributed by atoms with van der Waals surface area (Å²) in [5.41, 5.74) is 2.18. The van der Waals surface area contributed by atoms with E-state index in [1.807, 2.05) is 24.4 Å². The Morgan fingerprint density at radius 3 is 3.16 bits per heavy atom. The van der Waals surface area contributed by atoms with Crippen molar-refractivity contribution in [2.24, 2.45) is 0 Å². The first-order chi connectivity index (χ1) is 9.25. The molecule has 1 aromatic heterocycles. The number of hydrogen-bond acceptors (Lipinski definition) is 3. The van der Waals surface area contributed by atoms with Crippen molar-refractivity contribution < 1.29 is 0 Å². The van der Waals surface area contributed by atoms with Gasteiger partial charge in [-0.25, -0.2) is 0 Å². The second-order valence-corrected chi connectivity index (χ2v) is 5.53. The van der Waals surface area contributed by atoms with Gasteiger partial charge in [-0.2, -0.15) is 0 Å². The monoisotopic (exact) mass is 275 g/mol. The maximum atomic E-state index is 6.39. The summed E-state index contributed by atoms with van der Waals surface area (Å²) >= 11 is 6.39. The summed E-state index contributed by atoms with van der Waals surface area (Å²) in [6, 6.07) is 8.60. The number of nitrogens with zero attached hydrogens (tertiary/aromatic N) is 2. The Kier molecular flexibility index (Phi) is 3.69. The van der Waals surface area contributed by atoms with Gasteiger partial charge in [0.15, 0.2) is 0 Å². The van der Waals surface area contributed by atoms with Gasteiger partial charge in [-0.15, -0.1) is 0 Å². The van der Waals surface area contributed by atoms with Crippen molar-refractivity contribution in [3.05, 3.63) is 41.0 Å². The highest BCUT2D eigenvalue weighted by Crippen LogP contribution is 2.26. The Morgan fingerprint density at radius 2 is 2.32 bits per heavy atom. The Labute approximate surface area is 118 Å². The Hall–Kier alpha value is -1.16. The largest absolute Gasteiger partial charge is 0.314 e. The summed E-state index contributed by atoms with van der Waals surface area (Å²) in [6.45, 7) is 6.26. The second kappa shape index (κ2) is 5.45. The predicted molar refractivity (Wildman–Crippen MR) is 79.5 cm³/mol. The molecule has 1 aromatic carbocycles. The van der Waals surface area contributed by atoms with Crippen molar-refractivity contribution >= 4 is 22.5 Å². The lowest BCUT2D eigenvalue weighted by Crippen LogP contribution is -2.49. The van der Waals surface area contributed by atoms with Crippen molar-refractivity contribution in [1.29, 1.82) is 0 Å². The maximum absolute atomic E-state index is 6.39. The molecule has 1 aliphatic heterocycles. The van der Waals surface area contributed by atoms with E-state index in [1.165, 1.54) is 0 Å². The molecular formula is C15H18ClN3. The predicted octanol–water partition coefficient (Wildman–Crippen LogP) is 2.68. The molecule has 1 unspecified atom stereocenters. The fraction of sp³-hybridized carbons (Fsp3) is 0.400. The van der Waals surface area contributed by atoms with Crippen LogP contribution in [-0.2, 0) is 6.54 Å². The average Bonchev–Trinajstić information content (AvgIpc) is 2.44. The number of rotatable bonds is 2. The van der Waals surface area contributed by atoms with E-state index < -0.39 is 0 Å². The van der Waals surface area contributed by atoms with E-state index in [1.54, 1.807) is 0 Å². The zero-order chi connectivity index (χ0) is 13.2. The molecule has 0 spiro atoms. The Morgan fingerprint density at radius 1 is 1.42 bits per heavy atom. The molecule has 19 heavy (non-hydrogen) atoms. The molecule has 1 fully saturated rings. The third-order valence-electron chi connectivity index (χ3n) is 3.82. The van der Waals surface area contributed by atoms with Gasteiger partial charge in [-0.3, -0.25) is 9.88 Å². The highest BCUT2D eigenvalue weighted by atomic mass is 35.5. The van der Waals surface area contributed by atoms with Crippen LogP contribution in [0.25, 0.3) is 10.9 Å². The van der Waals surface area contributed by atoms with E-state index in [9.17, 15) is 0 Å². The first-order valence-electron chi connectivity index (χ1n) is 6.72. The minimum absolute atomic E-state index is 0.531. The van der Waals surface area contributed by atoms with Crippen molar-refractivity contribution in [3.8, 4) is 0 Å². The van der Waals surface area contributed by atoms with Crippen LogP contribution in [0.1, 0.15) is 12.5 Å². The average molecular weight is 276 g/mol. The lowest BCUT2D eigenvalue weighted by Gasteiger charge is -2.34. The van der Waals surface area contributed by atoms with E-state index in [4.69, 9.17) is 11.6 Å². The SMILES string of the molecule is CC1CNCCN1Cc1c(Cl)ccc2cccnc12. The molecule has 1 aliphatic rings. The molecule has 3 rings (SSSR count). The highest BCUT2D eigenvalue weighted by molar-refractivity contribution is 6.32. The normalized spacial score (nSPS) is 20.8. The molecule has 0 amide bonds. The molecule has 0 saturated carbocycles. The number of hydrogen-bond donors (Lipinski definition) is 1. The molecule has 1 N–H and O–H groups in total. The number of aromatic nitrogens is 1. The minimum atomic E-state index is 0.531. The zero-order valence-corrected chi connectivity index (χ0v) is 11.8.